The van der Waals surface area contributed by atoms with Gasteiger partial charge in [0.25, 0.3) is 0 Å². The maximum absolute atomic E-state index is 8.65. The van der Waals surface area contributed by atoms with E-state index in [-0.39, 0.29) is 12.0 Å². The first kappa shape index (κ1) is 13.4. The first-order valence-corrected chi connectivity index (χ1v) is 5.31. The van der Waals surface area contributed by atoms with E-state index in [1.807, 2.05) is 14.0 Å². The van der Waals surface area contributed by atoms with Gasteiger partial charge in [-0.15, -0.1) is 0 Å². The van der Waals surface area contributed by atoms with E-state index in [0.717, 1.165) is 19.5 Å². The monoisotopic (exact) mass is 197 g/mol. The lowest BCUT2D eigenvalue weighted by Gasteiger charge is -2.21. The zero-order valence-corrected chi connectivity index (χ0v) is 9.83. The third kappa shape index (κ3) is 5.95. The van der Waals surface area contributed by atoms with Gasteiger partial charge in [0.05, 0.1) is 12.0 Å². The molecule has 0 amide bonds. The third-order valence-electron chi connectivity index (χ3n) is 2.51. The average molecular weight is 197 g/mol. The molecule has 0 saturated carbocycles. The standard InChI is InChI=1S/C11H23N3/c1-9(2)11(13)5-6-14(4)8-10(3)7-12/h9-11H,5-6,8,13H2,1-4H3. The van der Waals surface area contributed by atoms with E-state index in [1.54, 1.807) is 0 Å². The van der Waals surface area contributed by atoms with Crippen molar-refractivity contribution < 1.29 is 0 Å². The summed E-state index contributed by atoms with van der Waals surface area (Å²) in [6, 6.07) is 2.51. The van der Waals surface area contributed by atoms with Crippen molar-refractivity contribution in [1.82, 2.24) is 4.90 Å². The lowest BCUT2D eigenvalue weighted by Crippen LogP contribution is -2.33. The number of nitriles is 1. The summed E-state index contributed by atoms with van der Waals surface area (Å²) in [6.45, 7) is 8.04. The molecule has 0 aromatic carbocycles. The van der Waals surface area contributed by atoms with Gasteiger partial charge in [0, 0.05) is 12.6 Å². The van der Waals surface area contributed by atoms with Crippen molar-refractivity contribution in [3.05, 3.63) is 0 Å². The first-order chi connectivity index (χ1) is 6.47. The molecule has 2 N–H and O–H groups in total. The molecule has 0 spiro atoms. The minimum atomic E-state index is 0.107. The van der Waals surface area contributed by atoms with Gasteiger partial charge in [0.1, 0.15) is 0 Å². The van der Waals surface area contributed by atoms with E-state index in [9.17, 15) is 0 Å². The second-order valence-corrected chi connectivity index (χ2v) is 4.49. The van der Waals surface area contributed by atoms with Gasteiger partial charge in [-0.05, 0) is 32.9 Å². The fourth-order valence-corrected chi connectivity index (χ4v) is 1.30. The van der Waals surface area contributed by atoms with Crippen LogP contribution in [0.2, 0.25) is 0 Å². The van der Waals surface area contributed by atoms with Crippen molar-refractivity contribution in [2.24, 2.45) is 17.6 Å². The molecule has 0 aromatic rings. The van der Waals surface area contributed by atoms with Gasteiger partial charge in [-0.1, -0.05) is 13.8 Å². The zero-order valence-electron chi connectivity index (χ0n) is 9.83. The molecule has 3 nitrogen and oxygen atoms in total. The van der Waals surface area contributed by atoms with Crippen LogP contribution in [0.1, 0.15) is 27.2 Å². The summed E-state index contributed by atoms with van der Waals surface area (Å²) in [5.74, 6) is 0.645. The molecule has 2 unspecified atom stereocenters. The van der Waals surface area contributed by atoms with Crippen LogP contribution in [0.15, 0.2) is 0 Å². The largest absolute Gasteiger partial charge is 0.327 e. The van der Waals surface area contributed by atoms with Crippen LogP contribution in [0.5, 0.6) is 0 Å². The van der Waals surface area contributed by atoms with Crippen LogP contribution in [0.3, 0.4) is 0 Å². The van der Waals surface area contributed by atoms with Crippen LogP contribution in [0.25, 0.3) is 0 Å². The van der Waals surface area contributed by atoms with Gasteiger partial charge in [0.2, 0.25) is 0 Å². The Morgan fingerprint density at radius 3 is 2.36 bits per heavy atom. The van der Waals surface area contributed by atoms with Crippen molar-refractivity contribution >= 4 is 0 Å². The van der Waals surface area contributed by atoms with E-state index in [2.05, 4.69) is 24.8 Å². The minimum Gasteiger partial charge on any atom is -0.327 e. The molecule has 0 aliphatic carbocycles. The Hall–Kier alpha value is -0.590. The molecule has 3 heteroatoms. The van der Waals surface area contributed by atoms with Gasteiger partial charge in [-0.3, -0.25) is 0 Å². The van der Waals surface area contributed by atoms with Crippen molar-refractivity contribution in [2.45, 2.75) is 33.2 Å². The van der Waals surface area contributed by atoms with Gasteiger partial charge < -0.3 is 10.6 Å². The molecule has 0 aliphatic heterocycles. The van der Waals surface area contributed by atoms with Crippen LogP contribution >= 0.6 is 0 Å². The van der Waals surface area contributed by atoms with Crippen LogP contribution < -0.4 is 5.73 Å². The maximum Gasteiger partial charge on any atom is 0.0666 e. The summed E-state index contributed by atoms with van der Waals surface area (Å²) in [4.78, 5) is 2.18. The molecule has 0 saturated heterocycles. The lowest BCUT2D eigenvalue weighted by atomic mass is 10.0. The SMILES string of the molecule is CC(C#N)CN(C)CCC(N)C(C)C. The van der Waals surface area contributed by atoms with Crippen molar-refractivity contribution in [2.75, 3.05) is 20.1 Å². The Morgan fingerprint density at radius 2 is 1.93 bits per heavy atom. The van der Waals surface area contributed by atoms with E-state index in [4.69, 9.17) is 11.0 Å². The summed E-state index contributed by atoms with van der Waals surface area (Å²) >= 11 is 0. The molecule has 0 aromatic heterocycles. The van der Waals surface area contributed by atoms with Crippen LogP contribution in [0, 0.1) is 23.2 Å². The maximum atomic E-state index is 8.65. The Balaban J connectivity index is 3.64. The number of nitrogens with two attached hydrogens (primary N) is 1. The molecule has 0 radical (unpaired) electrons. The van der Waals surface area contributed by atoms with E-state index >= 15 is 0 Å². The fourth-order valence-electron chi connectivity index (χ4n) is 1.30. The molecule has 0 rings (SSSR count). The molecule has 82 valence electrons. The quantitative estimate of drug-likeness (QED) is 0.701. The van der Waals surface area contributed by atoms with Gasteiger partial charge in [-0.25, -0.2) is 0 Å². The lowest BCUT2D eigenvalue weighted by molar-refractivity contribution is 0.285. The average Bonchev–Trinajstić information content (AvgIpc) is 2.13. The summed E-state index contributed by atoms with van der Waals surface area (Å²) in [5.41, 5.74) is 5.94. The number of nitrogens with zero attached hydrogens (tertiary/aromatic N) is 2. The predicted molar refractivity (Wildman–Crippen MR) is 59.7 cm³/mol. The Morgan fingerprint density at radius 1 is 1.36 bits per heavy atom. The summed E-state index contributed by atoms with van der Waals surface area (Å²) < 4.78 is 0. The molecule has 14 heavy (non-hydrogen) atoms. The molecule has 0 aliphatic rings. The first-order valence-electron chi connectivity index (χ1n) is 5.31. The normalized spacial score (nSPS) is 15.6. The van der Waals surface area contributed by atoms with E-state index < -0.39 is 0 Å². The fraction of sp³-hybridized carbons (Fsp3) is 0.909. The summed E-state index contributed by atoms with van der Waals surface area (Å²) in [5, 5.41) is 8.65. The van der Waals surface area contributed by atoms with Gasteiger partial charge in [0.15, 0.2) is 0 Å². The second kappa shape index (κ2) is 6.80. The molecule has 0 fully saturated rings. The van der Waals surface area contributed by atoms with Crippen molar-refractivity contribution in [3.63, 3.8) is 0 Å². The van der Waals surface area contributed by atoms with Crippen LogP contribution in [0.4, 0.5) is 0 Å². The summed E-state index contributed by atoms with van der Waals surface area (Å²) in [6.07, 6.45) is 1.01. The zero-order chi connectivity index (χ0) is 11.1. The van der Waals surface area contributed by atoms with Gasteiger partial charge >= 0.3 is 0 Å². The number of rotatable bonds is 6. The van der Waals surface area contributed by atoms with Crippen LogP contribution in [-0.4, -0.2) is 31.1 Å². The highest BCUT2D eigenvalue weighted by Crippen LogP contribution is 2.04. The Labute approximate surface area is 87.9 Å². The molecule has 0 heterocycles. The highest BCUT2D eigenvalue weighted by atomic mass is 15.1. The predicted octanol–water partition coefficient (Wildman–Crippen LogP) is 1.45. The highest BCUT2D eigenvalue weighted by molar-refractivity contribution is 4.81. The minimum absolute atomic E-state index is 0.107. The molecule has 0 bridgehead atoms. The number of hydrogen-bond donors (Lipinski definition) is 1. The van der Waals surface area contributed by atoms with E-state index in [1.165, 1.54) is 0 Å². The van der Waals surface area contributed by atoms with Crippen molar-refractivity contribution in [3.8, 4) is 6.07 Å². The Kier molecular flexibility index (Phi) is 6.52. The number of hydrogen-bond acceptors (Lipinski definition) is 3. The smallest absolute Gasteiger partial charge is 0.0666 e. The Bertz CT molecular complexity index is 183. The van der Waals surface area contributed by atoms with Crippen LogP contribution in [-0.2, 0) is 0 Å². The van der Waals surface area contributed by atoms with Gasteiger partial charge in [-0.2, -0.15) is 5.26 Å². The second-order valence-electron chi connectivity index (χ2n) is 4.49. The van der Waals surface area contributed by atoms with E-state index in [0.29, 0.717) is 5.92 Å². The molecular weight excluding hydrogens is 174 g/mol. The summed E-state index contributed by atoms with van der Waals surface area (Å²) in [7, 11) is 2.04. The van der Waals surface area contributed by atoms with Crippen molar-refractivity contribution in [1.29, 1.82) is 5.26 Å². The molecular formula is C11H23N3. The highest BCUT2D eigenvalue weighted by Gasteiger charge is 2.10. The molecule has 2 atom stereocenters. The topological polar surface area (TPSA) is 53.0 Å². The third-order valence-corrected chi connectivity index (χ3v) is 2.51.